The number of carbonyl (C=O) groups excluding carboxylic acids is 2. The van der Waals surface area contributed by atoms with E-state index in [1.165, 1.54) is 11.8 Å². The topological polar surface area (TPSA) is 88.9 Å². The maximum atomic E-state index is 12.4. The summed E-state index contributed by atoms with van der Waals surface area (Å²) >= 11 is 1.31. The quantitative estimate of drug-likeness (QED) is 0.643. The van der Waals surface area contributed by atoms with Gasteiger partial charge in [-0.05, 0) is 43.9 Å². The van der Waals surface area contributed by atoms with E-state index in [1.807, 2.05) is 14.0 Å². The molecule has 2 rings (SSSR count). The van der Waals surface area contributed by atoms with Gasteiger partial charge in [0.1, 0.15) is 6.33 Å². The van der Waals surface area contributed by atoms with Crippen LogP contribution in [-0.2, 0) is 11.8 Å². The summed E-state index contributed by atoms with van der Waals surface area (Å²) in [6.07, 6.45) is 3.60. The fourth-order valence-corrected chi connectivity index (χ4v) is 3.12. The van der Waals surface area contributed by atoms with Gasteiger partial charge in [-0.15, -0.1) is 10.2 Å². The summed E-state index contributed by atoms with van der Waals surface area (Å²) in [7, 11) is 1.82. The van der Waals surface area contributed by atoms with E-state index in [0.717, 1.165) is 12.8 Å². The van der Waals surface area contributed by atoms with Crippen molar-refractivity contribution in [3.63, 3.8) is 0 Å². The van der Waals surface area contributed by atoms with Crippen molar-refractivity contribution in [1.29, 1.82) is 0 Å². The van der Waals surface area contributed by atoms with Gasteiger partial charge in [0.05, 0.1) is 5.75 Å². The molecule has 27 heavy (non-hydrogen) atoms. The van der Waals surface area contributed by atoms with Crippen LogP contribution in [0.5, 0.6) is 0 Å². The molecule has 2 N–H and O–H groups in total. The van der Waals surface area contributed by atoms with Crippen molar-refractivity contribution in [2.75, 3.05) is 11.1 Å². The first kappa shape index (κ1) is 21.0. The van der Waals surface area contributed by atoms with Crippen molar-refractivity contribution in [3.05, 3.63) is 36.2 Å². The summed E-state index contributed by atoms with van der Waals surface area (Å²) in [5.41, 5.74) is 1.13. The standard InChI is InChI=1S/C19H27N5O2S/c1-13(2)8-9-14(3)21-18(26)15-6-5-7-16(10-15)22-17(25)11-27-19-23-20-12-24(19)4/h5-7,10,12-14H,8-9,11H2,1-4H3,(H,21,26)(H,22,25). The Morgan fingerprint density at radius 1 is 1.22 bits per heavy atom. The summed E-state index contributed by atoms with van der Waals surface area (Å²) in [6.45, 7) is 6.35. The van der Waals surface area contributed by atoms with Crippen molar-refractivity contribution in [2.24, 2.45) is 13.0 Å². The monoisotopic (exact) mass is 389 g/mol. The Bertz CT molecular complexity index is 775. The van der Waals surface area contributed by atoms with E-state index in [9.17, 15) is 9.59 Å². The number of hydrogen-bond acceptors (Lipinski definition) is 5. The van der Waals surface area contributed by atoms with Crippen molar-refractivity contribution in [2.45, 2.75) is 44.8 Å². The van der Waals surface area contributed by atoms with Crippen LogP contribution in [0.3, 0.4) is 0 Å². The molecule has 0 saturated carbocycles. The first-order chi connectivity index (χ1) is 12.8. The highest BCUT2D eigenvalue weighted by atomic mass is 32.2. The molecule has 1 heterocycles. The average Bonchev–Trinajstić information content (AvgIpc) is 3.03. The lowest BCUT2D eigenvalue weighted by molar-refractivity contribution is -0.113. The van der Waals surface area contributed by atoms with Crippen molar-refractivity contribution < 1.29 is 9.59 Å². The van der Waals surface area contributed by atoms with E-state index in [-0.39, 0.29) is 23.6 Å². The van der Waals surface area contributed by atoms with E-state index in [1.54, 1.807) is 35.2 Å². The number of hydrogen-bond donors (Lipinski definition) is 2. The molecule has 0 aliphatic rings. The Morgan fingerprint density at radius 2 is 2.00 bits per heavy atom. The van der Waals surface area contributed by atoms with Gasteiger partial charge in [0.2, 0.25) is 5.91 Å². The van der Waals surface area contributed by atoms with Crippen molar-refractivity contribution in [3.8, 4) is 0 Å². The summed E-state index contributed by atoms with van der Waals surface area (Å²) in [5.74, 6) is 0.541. The van der Waals surface area contributed by atoms with E-state index in [0.29, 0.717) is 22.3 Å². The Labute approximate surface area is 164 Å². The molecular formula is C19H27N5O2S. The second kappa shape index (κ2) is 10.1. The van der Waals surface area contributed by atoms with Gasteiger partial charge < -0.3 is 15.2 Å². The van der Waals surface area contributed by atoms with Crippen LogP contribution in [0.2, 0.25) is 0 Å². The molecule has 0 radical (unpaired) electrons. The highest BCUT2D eigenvalue weighted by molar-refractivity contribution is 7.99. The minimum absolute atomic E-state index is 0.112. The Hall–Kier alpha value is -2.35. The molecule has 1 atom stereocenters. The number of benzene rings is 1. The SMILES string of the molecule is CC(C)CCC(C)NC(=O)c1cccc(NC(=O)CSc2nncn2C)c1. The zero-order valence-corrected chi connectivity index (χ0v) is 17.0. The largest absolute Gasteiger partial charge is 0.350 e. The second-order valence-electron chi connectivity index (χ2n) is 6.99. The highest BCUT2D eigenvalue weighted by Gasteiger charge is 2.12. The summed E-state index contributed by atoms with van der Waals surface area (Å²) < 4.78 is 1.75. The minimum Gasteiger partial charge on any atom is -0.350 e. The first-order valence-electron chi connectivity index (χ1n) is 9.02. The normalized spacial score (nSPS) is 12.0. The van der Waals surface area contributed by atoms with E-state index >= 15 is 0 Å². The van der Waals surface area contributed by atoms with Gasteiger partial charge in [-0.1, -0.05) is 31.7 Å². The lowest BCUT2D eigenvalue weighted by Crippen LogP contribution is -2.32. The van der Waals surface area contributed by atoms with Crippen LogP contribution in [-0.4, -0.2) is 38.4 Å². The Balaban J connectivity index is 1.87. The molecule has 0 saturated heterocycles. The summed E-state index contributed by atoms with van der Waals surface area (Å²) in [5, 5.41) is 14.2. The van der Waals surface area contributed by atoms with Crippen LogP contribution in [0.4, 0.5) is 5.69 Å². The number of thioether (sulfide) groups is 1. The molecule has 8 heteroatoms. The molecule has 2 amide bonds. The van der Waals surface area contributed by atoms with Crippen LogP contribution in [0.25, 0.3) is 0 Å². The predicted molar refractivity (Wildman–Crippen MR) is 108 cm³/mol. The average molecular weight is 390 g/mol. The maximum Gasteiger partial charge on any atom is 0.251 e. The molecule has 2 aromatic rings. The van der Waals surface area contributed by atoms with Gasteiger partial charge in [-0.2, -0.15) is 0 Å². The van der Waals surface area contributed by atoms with E-state index < -0.39 is 0 Å². The van der Waals surface area contributed by atoms with E-state index in [2.05, 4.69) is 34.7 Å². The molecule has 0 spiro atoms. The van der Waals surface area contributed by atoms with Gasteiger partial charge in [0.15, 0.2) is 5.16 Å². The van der Waals surface area contributed by atoms with Gasteiger partial charge in [-0.25, -0.2) is 0 Å². The number of aryl methyl sites for hydroxylation is 1. The molecule has 1 unspecified atom stereocenters. The number of aromatic nitrogens is 3. The minimum atomic E-state index is -0.161. The van der Waals surface area contributed by atoms with Gasteiger partial charge >= 0.3 is 0 Å². The number of anilines is 1. The second-order valence-corrected chi connectivity index (χ2v) is 7.93. The van der Waals surface area contributed by atoms with Gasteiger partial charge in [-0.3, -0.25) is 9.59 Å². The molecule has 7 nitrogen and oxygen atoms in total. The molecule has 1 aromatic carbocycles. The first-order valence-corrected chi connectivity index (χ1v) is 10.0. The zero-order valence-electron chi connectivity index (χ0n) is 16.2. The lowest BCUT2D eigenvalue weighted by Gasteiger charge is -2.15. The van der Waals surface area contributed by atoms with Gasteiger partial charge in [0, 0.05) is 24.3 Å². The molecule has 0 fully saturated rings. The molecule has 0 aliphatic heterocycles. The summed E-state index contributed by atoms with van der Waals surface area (Å²) in [6, 6.07) is 7.08. The van der Waals surface area contributed by atoms with Crippen molar-refractivity contribution >= 4 is 29.3 Å². The summed E-state index contributed by atoms with van der Waals surface area (Å²) in [4.78, 5) is 24.5. The fourth-order valence-electron chi connectivity index (χ4n) is 2.43. The molecular weight excluding hydrogens is 362 g/mol. The third-order valence-electron chi connectivity index (χ3n) is 3.97. The zero-order chi connectivity index (χ0) is 19.8. The third kappa shape index (κ3) is 7.05. The van der Waals surface area contributed by atoms with Crippen LogP contribution >= 0.6 is 11.8 Å². The molecule has 0 aliphatic carbocycles. The number of nitrogens with zero attached hydrogens (tertiary/aromatic N) is 3. The third-order valence-corrected chi connectivity index (χ3v) is 5.00. The van der Waals surface area contributed by atoms with E-state index in [4.69, 9.17) is 0 Å². The number of amides is 2. The highest BCUT2D eigenvalue weighted by Crippen LogP contribution is 2.16. The molecule has 1 aromatic heterocycles. The maximum absolute atomic E-state index is 12.4. The number of carbonyl (C=O) groups is 2. The molecule has 0 bridgehead atoms. The molecule has 146 valence electrons. The Kier molecular flexibility index (Phi) is 7.84. The smallest absolute Gasteiger partial charge is 0.251 e. The number of nitrogens with one attached hydrogen (secondary N) is 2. The van der Waals surface area contributed by atoms with Crippen LogP contribution < -0.4 is 10.6 Å². The van der Waals surface area contributed by atoms with Crippen LogP contribution in [0.15, 0.2) is 35.7 Å². The van der Waals surface area contributed by atoms with Crippen molar-refractivity contribution in [1.82, 2.24) is 20.1 Å². The lowest BCUT2D eigenvalue weighted by atomic mass is 10.0. The Morgan fingerprint density at radius 3 is 2.67 bits per heavy atom. The van der Waals surface area contributed by atoms with Crippen LogP contribution in [0, 0.1) is 5.92 Å². The van der Waals surface area contributed by atoms with Crippen LogP contribution in [0.1, 0.15) is 44.0 Å². The fraction of sp³-hybridized carbons (Fsp3) is 0.474. The number of rotatable bonds is 9. The predicted octanol–water partition coefficient (Wildman–Crippen LogP) is 3.10. The van der Waals surface area contributed by atoms with Gasteiger partial charge in [0.25, 0.3) is 5.91 Å².